The van der Waals surface area contributed by atoms with Gasteiger partial charge in [0.1, 0.15) is 0 Å². The van der Waals surface area contributed by atoms with Crippen molar-refractivity contribution in [1.29, 1.82) is 0 Å². The van der Waals surface area contributed by atoms with Crippen LogP contribution in [-0.2, 0) is 4.74 Å². The van der Waals surface area contributed by atoms with Gasteiger partial charge in [0.15, 0.2) is 0 Å². The van der Waals surface area contributed by atoms with Gasteiger partial charge in [-0.2, -0.15) is 0 Å². The number of aliphatic hydroxyl groups excluding tert-OH is 1. The Morgan fingerprint density at radius 2 is 2.12 bits per heavy atom. The van der Waals surface area contributed by atoms with Gasteiger partial charge < -0.3 is 14.9 Å². The minimum absolute atomic E-state index is 0.235. The van der Waals surface area contributed by atoms with Crippen molar-refractivity contribution in [3.8, 4) is 0 Å². The zero-order valence-electron chi connectivity index (χ0n) is 10.1. The largest absolute Gasteiger partial charge is 0.389 e. The molecule has 1 heterocycles. The van der Waals surface area contributed by atoms with Crippen LogP contribution in [0.2, 0.25) is 0 Å². The topological polar surface area (TPSA) is 52.9 Å². The van der Waals surface area contributed by atoms with E-state index in [1.54, 1.807) is 0 Å². The van der Waals surface area contributed by atoms with Crippen LogP contribution in [0, 0.1) is 0 Å². The van der Waals surface area contributed by atoms with E-state index in [0.717, 1.165) is 45.4 Å². The molecule has 2 N–H and O–H groups in total. The normalized spacial score (nSPS) is 32.8. The lowest BCUT2D eigenvalue weighted by molar-refractivity contribution is -0.0973. The Morgan fingerprint density at radius 1 is 1.44 bits per heavy atom. The molecule has 94 valence electrons. The third-order valence-corrected chi connectivity index (χ3v) is 3.85. The Hall–Kier alpha value is -0.160. The summed E-state index contributed by atoms with van der Waals surface area (Å²) in [5, 5.41) is 20.4. The number of morpholine rings is 1. The van der Waals surface area contributed by atoms with E-state index in [2.05, 4.69) is 4.90 Å². The number of aliphatic hydroxyl groups is 2. The fraction of sp³-hybridized carbons (Fsp3) is 1.00. The van der Waals surface area contributed by atoms with Crippen LogP contribution < -0.4 is 0 Å². The summed E-state index contributed by atoms with van der Waals surface area (Å²) in [6.07, 6.45) is 3.18. The second-order valence-corrected chi connectivity index (χ2v) is 5.27. The van der Waals surface area contributed by atoms with Crippen LogP contribution in [0.4, 0.5) is 0 Å². The first-order valence-electron chi connectivity index (χ1n) is 6.34. The fourth-order valence-electron chi connectivity index (χ4n) is 2.79. The predicted octanol–water partition coefficient (Wildman–Crippen LogP) is 0.373. The monoisotopic (exact) mass is 229 g/mol. The highest BCUT2D eigenvalue weighted by atomic mass is 16.5. The standard InChI is InChI=1S/C12H23NO3/c1-10-8-13(6-7-16-10)9-11(14)12(15)4-2-3-5-12/h10-11,14-15H,2-9H2,1H3/t10-,11?/m1/s1. The van der Waals surface area contributed by atoms with Gasteiger partial charge in [-0.05, 0) is 19.8 Å². The van der Waals surface area contributed by atoms with Crippen LogP contribution in [0.1, 0.15) is 32.6 Å². The van der Waals surface area contributed by atoms with E-state index >= 15 is 0 Å². The summed E-state index contributed by atoms with van der Waals surface area (Å²) in [7, 11) is 0. The fourth-order valence-corrected chi connectivity index (χ4v) is 2.79. The summed E-state index contributed by atoms with van der Waals surface area (Å²) >= 11 is 0. The van der Waals surface area contributed by atoms with Crippen LogP contribution >= 0.6 is 0 Å². The zero-order chi connectivity index (χ0) is 11.6. The molecule has 1 aliphatic heterocycles. The molecule has 4 nitrogen and oxygen atoms in total. The van der Waals surface area contributed by atoms with Crippen LogP contribution in [0.3, 0.4) is 0 Å². The van der Waals surface area contributed by atoms with E-state index in [0.29, 0.717) is 6.54 Å². The van der Waals surface area contributed by atoms with Crippen LogP contribution in [0.15, 0.2) is 0 Å². The first-order valence-corrected chi connectivity index (χ1v) is 6.34. The Morgan fingerprint density at radius 3 is 2.75 bits per heavy atom. The first kappa shape index (κ1) is 12.3. The van der Waals surface area contributed by atoms with Crippen molar-refractivity contribution in [2.75, 3.05) is 26.2 Å². The summed E-state index contributed by atoms with van der Waals surface area (Å²) in [5.41, 5.74) is -0.832. The molecule has 0 aromatic rings. The maximum absolute atomic E-state index is 10.2. The minimum atomic E-state index is -0.832. The lowest BCUT2D eigenvalue weighted by Crippen LogP contribution is -2.51. The minimum Gasteiger partial charge on any atom is -0.389 e. The molecule has 2 rings (SSSR count). The van der Waals surface area contributed by atoms with Crippen molar-refractivity contribution in [1.82, 2.24) is 4.90 Å². The number of ether oxygens (including phenoxy) is 1. The zero-order valence-corrected chi connectivity index (χ0v) is 10.1. The van der Waals surface area contributed by atoms with Crippen molar-refractivity contribution in [3.05, 3.63) is 0 Å². The molecule has 16 heavy (non-hydrogen) atoms. The molecule has 2 atom stereocenters. The Bertz CT molecular complexity index is 228. The average Bonchev–Trinajstić information content (AvgIpc) is 2.66. The second kappa shape index (κ2) is 5.00. The molecule has 1 saturated heterocycles. The summed E-state index contributed by atoms with van der Waals surface area (Å²) in [6, 6.07) is 0. The van der Waals surface area contributed by atoms with Crippen LogP contribution in [0.25, 0.3) is 0 Å². The van der Waals surface area contributed by atoms with Crippen molar-refractivity contribution in [3.63, 3.8) is 0 Å². The van der Waals surface area contributed by atoms with Gasteiger partial charge in [-0.15, -0.1) is 0 Å². The average molecular weight is 229 g/mol. The van der Waals surface area contributed by atoms with Gasteiger partial charge in [0, 0.05) is 19.6 Å². The summed E-state index contributed by atoms with van der Waals surface area (Å²) in [4.78, 5) is 2.19. The molecule has 1 unspecified atom stereocenters. The number of rotatable bonds is 3. The first-order chi connectivity index (χ1) is 7.60. The molecule has 2 fully saturated rings. The molecule has 0 radical (unpaired) electrons. The SMILES string of the molecule is C[C@@H]1CN(CC(O)C2(O)CCCC2)CCO1. The molecule has 1 saturated carbocycles. The second-order valence-electron chi connectivity index (χ2n) is 5.27. The van der Waals surface area contributed by atoms with Crippen molar-refractivity contribution >= 4 is 0 Å². The predicted molar refractivity (Wildman–Crippen MR) is 61.3 cm³/mol. The highest BCUT2D eigenvalue weighted by Gasteiger charge is 2.39. The van der Waals surface area contributed by atoms with Gasteiger partial charge in [0.05, 0.1) is 24.4 Å². The lowest BCUT2D eigenvalue weighted by atomic mass is 9.94. The van der Waals surface area contributed by atoms with Crippen molar-refractivity contribution < 1.29 is 14.9 Å². The molecule has 0 spiro atoms. The van der Waals surface area contributed by atoms with Gasteiger partial charge in [0.25, 0.3) is 0 Å². The van der Waals surface area contributed by atoms with E-state index < -0.39 is 11.7 Å². The number of hydrogen-bond acceptors (Lipinski definition) is 4. The molecular weight excluding hydrogens is 206 g/mol. The maximum atomic E-state index is 10.2. The smallest absolute Gasteiger partial charge is 0.0953 e. The molecule has 0 aromatic carbocycles. The third-order valence-electron chi connectivity index (χ3n) is 3.85. The third kappa shape index (κ3) is 2.74. The van der Waals surface area contributed by atoms with Crippen LogP contribution in [-0.4, -0.2) is 59.2 Å². The lowest BCUT2D eigenvalue weighted by Gasteiger charge is -2.36. The molecule has 4 heteroatoms. The summed E-state index contributed by atoms with van der Waals surface area (Å²) in [5.74, 6) is 0. The van der Waals surface area contributed by atoms with Gasteiger partial charge >= 0.3 is 0 Å². The maximum Gasteiger partial charge on any atom is 0.0953 e. The van der Waals surface area contributed by atoms with Gasteiger partial charge in [0.2, 0.25) is 0 Å². The quantitative estimate of drug-likeness (QED) is 0.734. The van der Waals surface area contributed by atoms with Gasteiger partial charge in [-0.3, -0.25) is 4.90 Å². The molecule has 0 amide bonds. The highest BCUT2D eigenvalue weighted by molar-refractivity contribution is 4.92. The summed E-state index contributed by atoms with van der Waals surface area (Å²) in [6.45, 7) is 5.06. The van der Waals surface area contributed by atoms with Gasteiger partial charge in [-0.25, -0.2) is 0 Å². The molecular formula is C12H23NO3. The van der Waals surface area contributed by atoms with Gasteiger partial charge in [-0.1, -0.05) is 12.8 Å². The molecule has 0 bridgehead atoms. The molecule has 0 aromatic heterocycles. The van der Waals surface area contributed by atoms with E-state index in [1.807, 2.05) is 6.92 Å². The Kier molecular flexibility index (Phi) is 3.85. The Balaban J connectivity index is 1.83. The van der Waals surface area contributed by atoms with E-state index in [1.165, 1.54) is 0 Å². The summed E-state index contributed by atoms with van der Waals surface area (Å²) < 4.78 is 5.45. The number of β-amino-alcohol motifs (C(OH)–C–C–N with tert-alkyl or cyclic N) is 1. The highest BCUT2D eigenvalue weighted by Crippen LogP contribution is 2.32. The molecule has 1 aliphatic carbocycles. The van der Waals surface area contributed by atoms with Crippen LogP contribution in [0.5, 0.6) is 0 Å². The van der Waals surface area contributed by atoms with Crippen molar-refractivity contribution in [2.24, 2.45) is 0 Å². The number of nitrogens with zero attached hydrogens (tertiary/aromatic N) is 1. The Labute approximate surface area is 97.2 Å². The van der Waals surface area contributed by atoms with E-state index in [4.69, 9.17) is 4.74 Å². The van der Waals surface area contributed by atoms with Crippen molar-refractivity contribution in [2.45, 2.75) is 50.4 Å². The number of hydrogen-bond donors (Lipinski definition) is 2. The van der Waals surface area contributed by atoms with E-state index in [-0.39, 0.29) is 6.10 Å². The van der Waals surface area contributed by atoms with E-state index in [9.17, 15) is 10.2 Å². The molecule has 2 aliphatic rings.